The molecule has 2 rings (SSSR count). The summed E-state index contributed by atoms with van der Waals surface area (Å²) in [5.41, 5.74) is 6.96. The number of nitrogens with zero attached hydrogens (tertiary/aromatic N) is 1. The van der Waals surface area contributed by atoms with Crippen LogP contribution in [0.4, 0.5) is 0 Å². The van der Waals surface area contributed by atoms with Crippen molar-refractivity contribution < 1.29 is 14.3 Å². The van der Waals surface area contributed by atoms with Gasteiger partial charge in [-0.15, -0.1) is 0 Å². The predicted molar refractivity (Wildman–Crippen MR) is 81.0 cm³/mol. The Labute approximate surface area is 123 Å². The van der Waals surface area contributed by atoms with Gasteiger partial charge in [0.1, 0.15) is 0 Å². The van der Waals surface area contributed by atoms with E-state index in [1.165, 1.54) is 14.0 Å². The summed E-state index contributed by atoms with van der Waals surface area (Å²) in [5.74, 6) is -0.477. The Kier molecular flexibility index (Phi) is 3.87. The fraction of sp³-hybridized carbons (Fsp3) is 0.375. The Morgan fingerprint density at radius 1 is 1.29 bits per heavy atom. The lowest BCUT2D eigenvalue weighted by atomic mass is 9.81. The van der Waals surface area contributed by atoms with Gasteiger partial charge in [0.2, 0.25) is 5.91 Å². The average molecular weight is 288 g/mol. The predicted octanol–water partition coefficient (Wildman–Crippen LogP) is 2.50. The molecule has 0 radical (unpaired) electrons. The standard InChI is InChI=1S/C16H20N2O3/c1-10(19)18-9-12(11-7-5-6-8-13(11)18)14(17)16(2,3)15(20)21-4/h5-9,14H,17H2,1-4H3/t14-/m0/s1. The first-order valence-electron chi connectivity index (χ1n) is 6.75. The summed E-state index contributed by atoms with van der Waals surface area (Å²) >= 11 is 0. The van der Waals surface area contributed by atoms with Gasteiger partial charge in [-0.25, -0.2) is 0 Å². The third kappa shape index (κ3) is 2.45. The van der Waals surface area contributed by atoms with Crippen molar-refractivity contribution in [1.29, 1.82) is 0 Å². The Balaban J connectivity index is 2.62. The normalized spacial score (nSPS) is 13.2. The Hall–Kier alpha value is -2.14. The molecular formula is C16H20N2O3. The molecular weight excluding hydrogens is 268 g/mol. The molecule has 0 aliphatic rings. The maximum Gasteiger partial charge on any atom is 0.313 e. The smallest absolute Gasteiger partial charge is 0.313 e. The number of esters is 1. The summed E-state index contributed by atoms with van der Waals surface area (Å²) in [7, 11) is 1.34. The van der Waals surface area contributed by atoms with E-state index in [0.717, 1.165) is 16.5 Å². The second kappa shape index (κ2) is 5.33. The number of aromatic nitrogens is 1. The summed E-state index contributed by atoms with van der Waals surface area (Å²) in [5, 5.41) is 0.872. The zero-order valence-electron chi connectivity index (χ0n) is 12.7. The number of carbonyl (C=O) groups is 2. The van der Waals surface area contributed by atoms with Crippen LogP contribution >= 0.6 is 0 Å². The number of para-hydroxylation sites is 1. The van der Waals surface area contributed by atoms with Crippen LogP contribution in [-0.4, -0.2) is 23.6 Å². The zero-order valence-corrected chi connectivity index (χ0v) is 12.7. The van der Waals surface area contributed by atoms with Gasteiger partial charge in [-0.05, 0) is 25.5 Å². The van der Waals surface area contributed by atoms with E-state index in [9.17, 15) is 9.59 Å². The zero-order chi connectivity index (χ0) is 15.8. The first kappa shape index (κ1) is 15.3. The number of hydrogen-bond acceptors (Lipinski definition) is 4. The highest BCUT2D eigenvalue weighted by Gasteiger charge is 2.38. The molecule has 1 atom stereocenters. The van der Waals surface area contributed by atoms with Gasteiger partial charge in [-0.3, -0.25) is 14.2 Å². The van der Waals surface area contributed by atoms with Gasteiger partial charge in [0, 0.05) is 24.5 Å². The van der Waals surface area contributed by atoms with Crippen LogP contribution in [0.3, 0.4) is 0 Å². The molecule has 0 amide bonds. The van der Waals surface area contributed by atoms with Crippen LogP contribution in [0.5, 0.6) is 0 Å². The quantitative estimate of drug-likeness (QED) is 0.881. The fourth-order valence-electron chi connectivity index (χ4n) is 2.49. The molecule has 0 spiro atoms. The van der Waals surface area contributed by atoms with Gasteiger partial charge in [0.15, 0.2) is 0 Å². The van der Waals surface area contributed by atoms with Crippen LogP contribution < -0.4 is 5.73 Å². The lowest BCUT2D eigenvalue weighted by Gasteiger charge is -2.28. The van der Waals surface area contributed by atoms with Crippen molar-refractivity contribution in [2.75, 3.05) is 7.11 Å². The molecule has 5 heteroatoms. The number of hydrogen-bond donors (Lipinski definition) is 1. The van der Waals surface area contributed by atoms with Gasteiger partial charge in [0.25, 0.3) is 0 Å². The van der Waals surface area contributed by atoms with Crippen molar-refractivity contribution in [3.63, 3.8) is 0 Å². The minimum Gasteiger partial charge on any atom is -0.469 e. The molecule has 0 aliphatic heterocycles. The van der Waals surface area contributed by atoms with Crippen molar-refractivity contribution in [2.24, 2.45) is 11.1 Å². The molecule has 0 bridgehead atoms. The summed E-state index contributed by atoms with van der Waals surface area (Å²) < 4.78 is 6.38. The second-order valence-corrected chi connectivity index (χ2v) is 5.68. The van der Waals surface area contributed by atoms with Crippen LogP contribution in [0.2, 0.25) is 0 Å². The molecule has 21 heavy (non-hydrogen) atoms. The molecule has 0 saturated heterocycles. The summed E-state index contributed by atoms with van der Waals surface area (Å²) in [6, 6.07) is 6.93. The summed E-state index contributed by atoms with van der Waals surface area (Å²) in [6.45, 7) is 4.97. The summed E-state index contributed by atoms with van der Waals surface area (Å²) in [6.07, 6.45) is 1.71. The number of nitrogens with two attached hydrogens (primary N) is 1. The van der Waals surface area contributed by atoms with E-state index >= 15 is 0 Å². The molecule has 0 saturated carbocycles. The van der Waals surface area contributed by atoms with Crippen molar-refractivity contribution in [3.05, 3.63) is 36.0 Å². The van der Waals surface area contributed by atoms with Crippen LogP contribution in [-0.2, 0) is 9.53 Å². The number of carbonyl (C=O) groups excluding carboxylic acids is 2. The second-order valence-electron chi connectivity index (χ2n) is 5.68. The molecule has 2 N–H and O–H groups in total. The molecule has 1 aromatic carbocycles. The number of fused-ring (bicyclic) bond motifs is 1. The topological polar surface area (TPSA) is 74.3 Å². The van der Waals surface area contributed by atoms with Gasteiger partial charge in [-0.2, -0.15) is 0 Å². The largest absolute Gasteiger partial charge is 0.469 e. The third-order valence-corrected chi connectivity index (χ3v) is 3.91. The Bertz CT molecular complexity index is 701. The van der Waals surface area contributed by atoms with Crippen LogP contribution in [0.1, 0.15) is 37.2 Å². The third-order valence-electron chi connectivity index (χ3n) is 3.91. The molecule has 0 unspecified atom stereocenters. The van der Waals surface area contributed by atoms with E-state index in [1.807, 2.05) is 24.3 Å². The van der Waals surface area contributed by atoms with E-state index in [0.29, 0.717) is 0 Å². The molecule has 1 aromatic heterocycles. The van der Waals surface area contributed by atoms with E-state index in [-0.39, 0.29) is 11.9 Å². The van der Waals surface area contributed by atoms with E-state index in [1.54, 1.807) is 24.6 Å². The molecule has 5 nitrogen and oxygen atoms in total. The number of benzene rings is 1. The van der Waals surface area contributed by atoms with Crippen molar-refractivity contribution >= 4 is 22.8 Å². The summed E-state index contributed by atoms with van der Waals surface area (Å²) in [4.78, 5) is 23.7. The van der Waals surface area contributed by atoms with Gasteiger partial charge in [0.05, 0.1) is 18.0 Å². The first-order valence-corrected chi connectivity index (χ1v) is 6.75. The highest BCUT2D eigenvalue weighted by atomic mass is 16.5. The number of methoxy groups -OCH3 is 1. The molecule has 112 valence electrons. The van der Waals surface area contributed by atoms with Crippen LogP contribution in [0, 0.1) is 5.41 Å². The molecule has 1 heterocycles. The molecule has 2 aromatic rings. The van der Waals surface area contributed by atoms with Crippen molar-refractivity contribution in [2.45, 2.75) is 26.8 Å². The highest BCUT2D eigenvalue weighted by Crippen LogP contribution is 2.36. The number of ether oxygens (including phenoxy) is 1. The monoisotopic (exact) mass is 288 g/mol. The van der Waals surface area contributed by atoms with Gasteiger partial charge >= 0.3 is 5.97 Å². The van der Waals surface area contributed by atoms with Crippen LogP contribution in [0.15, 0.2) is 30.5 Å². The maximum absolute atomic E-state index is 11.9. The van der Waals surface area contributed by atoms with E-state index in [4.69, 9.17) is 10.5 Å². The fourth-order valence-corrected chi connectivity index (χ4v) is 2.49. The van der Waals surface area contributed by atoms with E-state index in [2.05, 4.69) is 0 Å². The van der Waals surface area contributed by atoms with E-state index < -0.39 is 11.5 Å². The molecule has 0 aliphatic carbocycles. The minimum atomic E-state index is -0.888. The van der Waals surface area contributed by atoms with Crippen molar-refractivity contribution in [1.82, 2.24) is 4.57 Å². The Morgan fingerprint density at radius 3 is 2.48 bits per heavy atom. The van der Waals surface area contributed by atoms with Crippen molar-refractivity contribution in [3.8, 4) is 0 Å². The highest BCUT2D eigenvalue weighted by molar-refractivity contribution is 5.94. The molecule has 0 fully saturated rings. The Morgan fingerprint density at radius 2 is 1.90 bits per heavy atom. The SMILES string of the molecule is COC(=O)C(C)(C)[C@@H](N)c1cn(C(C)=O)c2ccccc12. The van der Waals surface area contributed by atoms with Crippen LogP contribution in [0.25, 0.3) is 10.9 Å². The minimum absolute atomic E-state index is 0.0967. The van der Waals surface area contributed by atoms with Gasteiger partial charge in [-0.1, -0.05) is 18.2 Å². The lowest BCUT2D eigenvalue weighted by molar-refractivity contribution is -0.152. The maximum atomic E-state index is 11.9. The first-order chi connectivity index (χ1) is 9.80. The average Bonchev–Trinajstić information content (AvgIpc) is 2.85. The lowest BCUT2D eigenvalue weighted by Crippen LogP contribution is -2.37. The number of rotatable bonds is 3. The van der Waals surface area contributed by atoms with Gasteiger partial charge < -0.3 is 10.5 Å².